The Morgan fingerprint density at radius 1 is 0.773 bits per heavy atom. The van der Waals surface area contributed by atoms with Gasteiger partial charge in [-0.1, -0.05) is 66.5 Å². The van der Waals surface area contributed by atoms with Crippen LogP contribution in [0.2, 0.25) is 0 Å². The highest BCUT2D eigenvalue weighted by molar-refractivity contribution is 5.49. The standard InChI is InChI=1S/C22H24/c1-17-8-11-19(12-9-17)13-15-21-14-10-18(2)16-22(21)20-6-4-3-5-7-20/h8-12,14,16,20H,3-7H2,1-2H3. The van der Waals surface area contributed by atoms with Crippen molar-refractivity contribution in [3.63, 3.8) is 0 Å². The van der Waals surface area contributed by atoms with Crippen molar-refractivity contribution in [2.24, 2.45) is 0 Å². The first-order valence-electron chi connectivity index (χ1n) is 8.41. The van der Waals surface area contributed by atoms with E-state index in [0.29, 0.717) is 5.92 Å². The molecule has 1 aliphatic rings. The second-order valence-electron chi connectivity index (χ2n) is 6.54. The Bertz CT molecular complexity index is 689. The van der Waals surface area contributed by atoms with Crippen LogP contribution in [0, 0.1) is 25.7 Å². The lowest BCUT2D eigenvalue weighted by molar-refractivity contribution is 0.443. The maximum atomic E-state index is 3.42. The number of hydrogen-bond acceptors (Lipinski definition) is 0. The van der Waals surface area contributed by atoms with Crippen LogP contribution in [0.3, 0.4) is 0 Å². The van der Waals surface area contributed by atoms with Gasteiger partial charge in [0, 0.05) is 11.1 Å². The molecule has 0 atom stereocenters. The SMILES string of the molecule is Cc1ccc(C#Cc2ccc(C)cc2C2CCCCC2)cc1. The number of benzene rings is 2. The number of aryl methyl sites for hydroxylation is 2. The van der Waals surface area contributed by atoms with Crippen LogP contribution in [-0.2, 0) is 0 Å². The Morgan fingerprint density at radius 3 is 2.18 bits per heavy atom. The molecule has 0 radical (unpaired) electrons. The molecule has 0 spiro atoms. The lowest BCUT2D eigenvalue weighted by Gasteiger charge is -2.23. The van der Waals surface area contributed by atoms with Gasteiger partial charge >= 0.3 is 0 Å². The van der Waals surface area contributed by atoms with Crippen molar-refractivity contribution in [2.75, 3.05) is 0 Å². The van der Waals surface area contributed by atoms with E-state index in [4.69, 9.17) is 0 Å². The maximum Gasteiger partial charge on any atom is 0.0284 e. The largest absolute Gasteiger partial charge is 0.0616 e. The topological polar surface area (TPSA) is 0 Å². The highest BCUT2D eigenvalue weighted by Gasteiger charge is 2.17. The molecule has 112 valence electrons. The van der Waals surface area contributed by atoms with Crippen molar-refractivity contribution in [3.8, 4) is 11.8 Å². The molecule has 2 aromatic carbocycles. The van der Waals surface area contributed by atoms with Gasteiger partial charge in [-0.2, -0.15) is 0 Å². The van der Waals surface area contributed by atoms with Crippen molar-refractivity contribution >= 4 is 0 Å². The van der Waals surface area contributed by atoms with Gasteiger partial charge in [-0.05, 0) is 56.4 Å². The van der Waals surface area contributed by atoms with Crippen LogP contribution in [0.5, 0.6) is 0 Å². The molecule has 0 saturated heterocycles. The Kier molecular flexibility index (Phi) is 4.64. The van der Waals surface area contributed by atoms with Crippen LogP contribution < -0.4 is 0 Å². The third-order valence-corrected chi connectivity index (χ3v) is 4.65. The summed E-state index contributed by atoms with van der Waals surface area (Å²) in [7, 11) is 0. The third kappa shape index (κ3) is 3.60. The van der Waals surface area contributed by atoms with Crippen molar-refractivity contribution in [2.45, 2.75) is 51.9 Å². The number of rotatable bonds is 1. The minimum Gasteiger partial charge on any atom is -0.0616 e. The van der Waals surface area contributed by atoms with E-state index < -0.39 is 0 Å². The van der Waals surface area contributed by atoms with E-state index in [-0.39, 0.29) is 0 Å². The van der Waals surface area contributed by atoms with Gasteiger partial charge in [0.05, 0.1) is 0 Å². The van der Waals surface area contributed by atoms with Crippen molar-refractivity contribution in [1.29, 1.82) is 0 Å². The molecule has 0 amide bonds. The molecule has 22 heavy (non-hydrogen) atoms. The smallest absolute Gasteiger partial charge is 0.0284 e. The average molecular weight is 288 g/mol. The first-order valence-corrected chi connectivity index (χ1v) is 8.41. The molecular formula is C22H24. The second-order valence-corrected chi connectivity index (χ2v) is 6.54. The van der Waals surface area contributed by atoms with E-state index in [9.17, 15) is 0 Å². The molecule has 1 aliphatic carbocycles. The predicted octanol–water partition coefficient (Wildman–Crippen LogP) is 5.75. The molecular weight excluding hydrogens is 264 g/mol. The van der Waals surface area contributed by atoms with Crippen molar-refractivity contribution in [1.82, 2.24) is 0 Å². The Morgan fingerprint density at radius 2 is 1.45 bits per heavy atom. The van der Waals surface area contributed by atoms with Crippen LogP contribution in [0.25, 0.3) is 0 Å². The monoisotopic (exact) mass is 288 g/mol. The van der Waals surface area contributed by atoms with E-state index in [1.54, 1.807) is 0 Å². The zero-order chi connectivity index (χ0) is 15.4. The minimum absolute atomic E-state index is 0.705. The summed E-state index contributed by atoms with van der Waals surface area (Å²) in [5.74, 6) is 7.47. The van der Waals surface area contributed by atoms with Gasteiger partial charge in [0.15, 0.2) is 0 Å². The molecule has 0 heterocycles. The van der Waals surface area contributed by atoms with E-state index in [0.717, 1.165) is 5.56 Å². The summed E-state index contributed by atoms with van der Waals surface area (Å²) in [5, 5.41) is 0. The molecule has 2 aromatic rings. The van der Waals surface area contributed by atoms with Gasteiger partial charge in [-0.15, -0.1) is 0 Å². The molecule has 0 N–H and O–H groups in total. The average Bonchev–Trinajstić information content (AvgIpc) is 2.56. The zero-order valence-electron chi connectivity index (χ0n) is 13.7. The van der Waals surface area contributed by atoms with Gasteiger partial charge in [0.2, 0.25) is 0 Å². The van der Waals surface area contributed by atoms with Gasteiger partial charge < -0.3 is 0 Å². The highest BCUT2D eigenvalue weighted by Crippen LogP contribution is 2.34. The molecule has 0 bridgehead atoms. The van der Waals surface area contributed by atoms with Gasteiger partial charge in [0.25, 0.3) is 0 Å². The predicted molar refractivity (Wildman–Crippen MR) is 94.2 cm³/mol. The summed E-state index contributed by atoms with van der Waals surface area (Å²) in [6.45, 7) is 4.29. The quantitative estimate of drug-likeness (QED) is 0.586. The van der Waals surface area contributed by atoms with Gasteiger partial charge in [-0.3, -0.25) is 0 Å². The zero-order valence-corrected chi connectivity index (χ0v) is 13.7. The van der Waals surface area contributed by atoms with E-state index in [2.05, 4.69) is 68.2 Å². The van der Waals surface area contributed by atoms with Crippen LogP contribution in [0.15, 0.2) is 42.5 Å². The Balaban J connectivity index is 1.91. The van der Waals surface area contributed by atoms with Crippen LogP contribution >= 0.6 is 0 Å². The Hall–Kier alpha value is -2.00. The lowest BCUT2D eigenvalue weighted by atomic mass is 9.81. The molecule has 1 fully saturated rings. The summed E-state index contributed by atoms with van der Waals surface area (Å²) in [6, 6.07) is 15.2. The summed E-state index contributed by atoms with van der Waals surface area (Å²) >= 11 is 0. The first-order chi connectivity index (χ1) is 10.7. The van der Waals surface area contributed by atoms with Crippen LogP contribution in [-0.4, -0.2) is 0 Å². The van der Waals surface area contributed by atoms with Gasteiger partial charge in [0.1, 0.15) is 0 Å². The van der Waals surface area contributed by atoms with Crippen molar-refractivity contribution < 1.29 is 0 Å². The van der Waals surface area contributed by atoms with Crippen LogP contribution in [0.1, 0.15) is 65.8 Å². The fourth-order valence-electron chi connectivity index (χ4n) is 3.32. The van der Waals surface area contributed by atoms with Crippen LogP contribution in [0.4, 0.5) is 0 Å². The summed E-state index contributed by atoms with van der Waals surface area (Å²) < 4.78 is 0. The normalized spacial score (nSPS) is 15.2. The van der Waals surface area contributed by atoms with E-state index in [1.807, 2.05) is 0 Å². The summed E-state index contributed by atoms with van der Waals surface area (Å²) in [4.78, 5) is 0. The van der Waals surface area contributed by atoms with E-state index >= 15 is 0 Å². The molecule has 0 nitrogen and oxygen atoms in total. The van der Waals surface area contributed by atoms with Crippen molar-refractivity contribution in [3.05, 3.63) is 70.3 Å². The third-order valence-electron chi connectivity index (χ3n) is 4.65. The molecule has 0 aromatic heterocycles. The Labute approximate surface area is 134 Å². The lowest BCUT2D eigenvalue weighted by Crippen LogP contribution is -2.06. The highest BCUT2D eigenvalue weighted by atomic mass is 14.2. The molecule has 1 saturated carbocycles. The molecule has 0 aliphatic heterocycles. The fourth-order valence-corrected chi connectivity index (χ4v) is 3.32. The summed E-state index contributed by atoms with van der Waals surface area (Å²) in [6.07, 6.45) is 6.77. The molecule has 3 rings (SSSR count). The maximum absolute atomic E-state index is 3.42. The molecule has 0 heteroatoms. The van der Waals surface area contributed by atoms with Gasteiger partial charge in [-0.25, -0.2) is 0 Å². The number of hydrogen-bond donors (Lipinski definition) is 0. The fraction of sp³-hybridized carbons (Fsp3) is 0.364. The van der Waals surface area contributed by atoms with E-state index in [1.165, 1.54) is 54.4 Å². The molecule has 0 unspecified atom stereocenters. The summed E-state index contributed by atoms with van der Waals surface area (Å²) in [5.41, 5.74) is 6.42. The minimum atomic E-state index is 0.705. The first kappa shape index (κ1) is 14.9. The second kappa shape index (κ2) is 6.84.